The zero-order valence-corrected chi connectivity index (χ0v) is 31.8. The molecule has 1 aliphatic rings. The number of imidazole rings is 2. The van der Waals surface area contributed by atoms with Gasteiger partial charge in [-0.05, 0) is 30.9 Å². The number of Topliss-reactive ketones (excluding diaryl/α,β-unsaturated/α-hetero) is 1. The monoisotopic (exact) mass is 782 g/mol. The summed E-state index contributed by atoms with van der Waals surface area (Å²) in [7, 11) is 1.25. The fourth-order valence-corrected chi connectivity index (χ4v) is 6.87. The summed E-state index contributed by atoms with van der Waals surface area (Å²) >= 11 is 0. The maximum Gasteiger partial charge on any atom is 0.407 e. The van der Waals surface area contributed by atoms with Gasteiger partial charge in [0.15, 0.2) is 11.6 Å². The molecule has 3 aromatic carbocycles. The summed E-state index contributed by atoms with van der Waals surface area (Å²) in [5.41, 5.74) is 10.4. The third kappa shape index (κ3) is 8.92. The summed E-state index contributed by atoms with van der Waals surface area (Å²) in [6, 6.07) is 24.0. The van der Waals surface area contributed by atoms with Crippen molar-refractivity contribution in [2.45, 2.75) is 44.0 Å². The smallest absolute Gasteiger partial charge is 0.407 e. The molecule has 3 aromatic heterocycles. The lowest BCUT2D eigenvalue weighted by molar-refractivity contribution is -0.141. The Hall–Kier alpha value is -7.20. The highest BCUT2D eigenvalue weighted by Gasteiger charge is 2.38. The van der Waals surface area contributed by atoms with Crippen molar-refractivity contribution in [3.8, 4) is 33.9 Å². The predicted octanol–water partition coefficient (Wildman–Crippen LogP) is 5.74. The molecule has 1 aliphatic heterocycles. The summed E-state index contributed by atoms with van der Waals surface area (Å²) in [5, 5.41) is 5.81. The SMILES string of the molecule is COC(=O)N[C@@H](C(=O)CN[C@@H](C)c1ncc(-c2ccc(-c3ncc(-c4cnc([C@@H]5CCCN5C(=O)[C@H](OC(N)=O)c5ccccc5)[nH]4)cn3)cc2)[nH]1)c1ccccc1. The molecule has 4 atom stereocenters. The zero-order valence-electron chi connectivity index (χ0n) is 31.8. The number of nitrogens with one attached hydrogen (secondary N) is 4. The number of carbonyl (C=O) groups excluding carboxylic acids is 4. The van der Waals surface area contributed by atoms with E-state index >= 15 is 0 Å². The number of ketones is 1. The Bertz CT molecular complexity index is 2350. The van der Waals surface area contributed by atoms with E-state index in [0.29, 0.717) is 47.3 Å². The first-order valence-electron chi connectivity index (χ1n) is 18.7. The Morgan fingerprint density at radius 2 is 1.45 bits per heavy atom. The third-order valence-electron chi connectivity index (χ3n) is 9.92. The van der Waals surface area contributed by atoms with E-state index in [-0.39, 0.29) is 30.3 Å². The van der Waals surface area contributed by atoms with Crippen molar-refractivity contribution >= 4 is 23.9 Å². The van der Waals surface area contributed by atoms with Crippen molar-refractivity contribution in [3.05, 3.63) is 132 Å². The van der Waals surface area contributed by atoms with Gasteiger partial charge in [-0.25, -0.2) is 29.5 Å². The molecule has 6 aromatic rings. The number of hydrogen-bond donors (Lipinski definition) is 5. The molecule has 0 aliphatic carbocycles. The summed E-state index contributed by atoms with van der Waals surface area (Å²) < 4.78 is 9.99. The first kappa shape index (κ1) is 39.1. The van der Waals surface area contributed by atoms with E-state index in [2.05, 4.69) is 40.5 Å². The first-order chi connectivity index (χ1) is 28.2. The van der Waals surface area contributed by atoms with Gasteiger partial charge in [-0.2, -0.15) is 0 Å². The second-order valence-electron chi connectivity index (χ2n) is 13.7. The van der Waals surface area contributed by atoms with Gasteiger partial charge in [-0.15, -0.1) is 0 Å². The number of benzene rings is 3. The van der Waals surface area contributed by atoms with Crippen LogP contribution in [0.5, 0.6) is 0 Å². The van der Waals surface area contributed by atoms with Gasteiger partial charge in [0.1, 0.15) is 17.7 Å². The minimum absolute atomic E-state index is 0.0129. The standard InChI is InChI=1S/C42H42N10O6/c1-25(44-24-34(53)35(51-42(56)57-2)27-10-5-3-6-11-27)37-47-22-31(49-37)26-15-17-29(18-16-26)38-45-20-30(21-46-38)32-23-48-39(50-32)33-14-9-19-52(33)40(54)36(58-41(43)55)28-12-7-4-8-13-28/h3-8,10-13,15-18,20-23,25,33,35-36,44H,9,14,19,24H2,1-2H3,(H2,43,55)(H,47,49)(H,48,50)(H,51,56)/t25-,33-,35+,36+/m0/s1. The molecule has 16 nitrogen and oxygen atoms in total. The van der Waals surface area contributed by atoms with Crippen LogP contribution in [0.15, 0.2) is 110 Å². The quantitative estimate of drug-likeness (QED) is 0.0896. The van der Waals surface area contributed by atoms with Crippen molar-refractivity contribution < 1.29 is 28.7 Å². The van der Waals surface area contributed by atoms with E-state index in [1.54, 1.807) is 78.2 Å². The topological polar surface area (TPSA) is 223 Å². The highest BCUT2D eigenvalue weighted by Crippen LogP contribution is 2.35. The molecule has 16 heteroatoms. The van der Waals surface area contributed by atoms with Gasteiger partial charge in [0.2, 0.25) is 6.10 Å². The van der Waals surface area contributed by atoms with E-state index in [0.717, 1.165) is 28.8 Å². The van der Waals surface area contributed by atoms with Crippen molar-refractivity contribution in [3.63, 3.8) is 0 Å². The van der Waals surface area contributed by atoms with Crippen molar-refractivity contribution in [1.29, 1.82) is 0 Å². The van der Waals surface area contributed by atoms with Gasteiger partial charge in [0, 0.05) is 35.6 Å². The number of primary amides is 1. The molecule has 6 N–H and O–H groups in total. The molecular weight excluding hydrogens is 741 g/mol. The summed E-state index contributed by atoms with van der Waals surface area (Å²) in [6.45, 7) is 2.36. The maximum absolute atomic E-state index is 13.7. The Morgan fingerprint density at radius 3 is 2.12 bits per heavy atom. The highest BCUT2D eigenvalue weighted by molar-refractivity contribution is 5.90. The van der Waals surface area contributed by atoms with Crippen molar-refractivity contribution in [1.82, 2.24) is 45.4 Å². The van der Waals surface area contributed by atoms with Gasteiger partial charge >= 0.3 is 12.2 Å². The molecule has 296 valence electrons. The lowest BCUT2D eigenvalue weighted by atomic mass is 10.0. The molecule has 4 heterocycles. The number of carbonyl (C=O) groups is 4. The minimum Gasteiger partial charge on any atom is -0.453 e. The lowest BCUT2D eigenvalue weighted by Crippen LogP contribution is -2.38. The van der Waals surface area contributed by atoms with E-state index in [1.807, 2.05) is 43.3 Å². The number of amides is 3. The first-order valence-corrected chi connectivity index (χ1v) is 18.7. The van der Waals surface area contributed by atoms with E-state index in [4.69, 9.17) is 15.2 Å². The average molecular weight is 783 g/mol. The Balaban J connectivity index is 0.967. The normalized spacial score (nSPS) is 15.3. The summed E-state index contributed by atoms with van der Waals surface area (Å²) in [4.78, 5) is 77.2. The van der Waals surface area contributed by atoms with Crippen molar-refractivity contribution in [2.24, 2.45) is 5.73 Å². The van der Waals surface area contributed by atoms with E-state index < -0.39 is 24.3 Å². The molecule has 1 saturated heterocycles. The number of aromatic amines is 2. The van der Waals surface area contributed by atoms with Crippen LogP contribution in [-0.2, 0) is 19.1 Å². The van der Waals surface area contributed by atoms with Crippen LogP contribution in [0.4, 0.5) is 9.59 Å². The Morgan fingerprint density at radius 1 is 0.810 bits per heavy atom. The number of aromatic nitrogens is 6. The van der Waals surface area contributed by atoms with E-state index in [1.165, 1.54) is 7.11 Å². The number of rotatable bonds is 14. The lowest BCUT2D eigenvalue weighted by Gasteiger charge is -2.27. The largest absolute Gasteiger partial charge is 0.453 e. The van der Waals surface area contributed by atoms with Crippen LogP contribution in [0, 0.1) is 0 Å². The fraction of sp³-hybridized carbons (Fsp3) is 0.238. The van der Waals surface area contributed by atoms with Gasteiger partial charge in [-0.1, -0.05) is 84.9 Å². The number of nitrogens with zero attached hydrogens (tertiary/aromatic N) is 5. The van der Waals surface area contributed by atoms with E-state index in [9.17, 15) is 19.2 Å². The van der Waals surface area contributed by atoms with Gasteiger partial charge in [-0.3, -0.25) is 9.59 Å². The van der Waals surface area contributed by atoms with Crippen LogP contribution in [0.25, 0.3) is 33.9 Å². The highest BCUT2D eigenvalue weighted by atomic mass is 16.6. The molecule has 0 unspecified atom stereocenters. The van der Waals surface area contributed by atoms with Crippen LogP contribution in [0.3, 0.4) is 0 Å². The Labute approximate surface area is 333 Å². The number of ether oxygens (including phenoxy) is 2. The van der Waals surface area contributed by atoms with Gasteiger partial charge in [0.05, 0.1) is 49.5 Å². The second kappa shape index (κ2) is 17.7. The third-order valence-corrected chi connectivity index (χ3v) is 9.92. The molecule has 0 saturated carbocycles. The molecule has 1 fully saturated rings. The van der Waals surface area contributed by atoms with Crippen LogP contribution in [0.2, 0.25) is 0 Å². The predicted molar refractivity (Wildman–Crippen MR) is 212 cm³/mol. The number of methoxy groups -OCH3 is 1. The number of nitrogens with two attached hydrogens (primary N) is 1. The number of alkyl carbamates (subject to hydrolysis) is 1. The molecule has 58 heavy (non-hydrogen) atoms. The summed E-state index contributed by atoms with van der Waals surface area (Å²) in [6.07, 6.45) is 5.42. The van der Waals surface area contributed by atoms with Crippen LogP contribution >= 0.6 is 0 Å². The Kier molecular flexibility index (Phi) is 11.9. The average Bonchev–Trinajstić information content (AvgIpc) is 4.06. The fourth-order valence-electron chi connectivity index (χ4n) is 6.87. The van der Waals surface area contributed by atoms with Gasteiger partial charge in [0.25, 0.3) is 5.91 Å². The molecule has 0 spiro atoms. The zero-order chi connectivity index (χ0) is 40.6. The number of hydrogen-bond acceptors (Lipinski definition) is 11. The number of H-pyrrole nitrogens is 2. The molecular formula is C42H42N10O6. The number of likely N-dealkylation sites (tertiary alicyclic amines) is 1. The molecule has 7 rings (SSSR count). The van der Waals surface area contributed by atoms with Crippen molar-refractivity contribution in [2.75, 3.05) is 20.2 Å². The van der Waals surface area contributed by atoms with Gasteiger partial charge < -0.3 is 40.7 Å². The van der Waals surface area contributed by atoms with Crippen LogP contribution in [-0.4, -0.2) is 78.9 Å². The molecule has 3 amide bonds. The summed E-state index contributed by atoms with van der Waals surface area (Å²) in [5.74, 6) is 1.19. The maximum atomic E-state index is 13.7. The molecule has 0 bridgehead atoms. The second-order valence-corrected chi connectivity index (χ2v) is 13.7. The minimum atomic E-state index is -1.16. The van der Waals surface area contributed by atoms with Crippen LogP contribution in [0.1, 0.15) is 66.8 Å². The van der Waals surface area contributed by atoms with Crippen LogP contribution < -0.4 is 16.4 Å². The molecule has 0 radical (unpaired) electrons.